The smallest absolute Gasteiger partial charge is 0.345 e. The molecule has 4 rings (SSSR count). The van der Waals surface area contributed by atoms with Crippen LogP contribution in [0.25, 0.3) is 11.1 Å². The van der Waals surface area contributed by atoms with Crippen LogP contribution in [0.5, 0.6) is 5.75 Å². The van der Waals surface area contributed by atoms with Gasteiger partial charge in [-0.2, -0.15) is 5.10 Å². The summed E-state index contributed by atoms with van der Waals surface area (Å²) in [6, 6.07) is 15.3. The van der Waals surface area contributed by atoms with E-state index in [4.69, 9.17) is 4.74 Å². The van der Waals surface area contributed by atoms with Crippen LogP contribution in [0.1, 0.15) is 29.0 Å². The van der Waals surface area contributed by atoms with Crippen molar-refractivity contribution in [3.05, 3.63) is 70.4 Å². The first kappa shape index (κ1) is 19.0. The van der Waals surface area contributed by atoms with Crippen molar-refractivity contribution in [2.75, 3.05) is 7.11 Å². The fraction of sp³-hybridized carbons (Fsp3) is 0.318. The highest BCUT2D eigenvalue weighted by Crippen LogP contribution is 2.29. The van der Waals surface area contributed by atoms with E-state index in [0.29, 0.717) is 24.9 Å². The quantitative estimate of drug-likeness (QED) is 0.740. The van der Waals surface area contributed by atoms with E-state index in [9.17, 15) is 9.59 Å². The molecule has 2 heterocycles. The van der Waals surface area contributed by atoms with Crippen LogP contribution in [0.4, 0.5) is 0 Å². The number of hydrogen-bond acceptors (Lipinski definition) is 4. The number of nitrogens with one attached hydrogen (secondary N) is 1. The standard InChI is InChI=1S/C22H24N4O3/c1-25-22(28)26-14-13-17(11-12-20(26)24-25)23-21(27)16-9-7-15(8-10-16)18-5-3-4-6-19(18)29-2/h3-10,17H,11-14H2,1-2H3,(H,23,27). The van der Waals surface area contributed by atoms with Crippen molar-refractivity contribution < 1.29 is 9.53 Å². The summed E-state index contributed by atoms with van der Waals surface area (Å²) in [5, 5.41) is 7.38. The molecule has 3 aromatic rings. The van der Waals surface area contributed by atoms with Crippen LogP contribution in [0.2, 0.25) is 0 Å². The van der Waals surface area contributed by atoms with Crippen LogP contribution in [0, 0.1) is 0 Å². The number of methoxy groups -OCH3 is 1. The van der Waals surface area contributed by atoms with Crippen molar-refractivity contribution in [2.24, 2.45) is 7.05 Å². The van der Waals surface area contributed by atoms with E-state index in [1.807, 2.05) is 48.5 Å². The number of carbonyl (C=O) groups is 1. The number of nitrogens with zero attached hydrogens (tertiary/aromatic N) is 3. The SMILES string of the molecule is COc1ccccc1-c1ccc(C(=O)NC2CCc3nn(C)c(=O)n3CC2)cc1. The lowest BCUT2D eigenvalue weighted by molar-refractivity contribution is 0.0933. The summed E-state index contributed by atoms with van der Waals surface area (Å²) in [6.45, 7) is 0.569. The minimum Gasteiger partial charge on any atom is -0.496 e. The second kappa shape index (κ2) is 7.95. The molecule has 1 aliphatic heterocycles. The molecular formula is C22H24N4O3. The van der Waals surface area contributed by atoms with Crippen LogP contribution in [0.15, 0.2) is 53.3 Å². The van der Waals surface area contributed by atoms with Gasteiger partial charge >= 0.3 is 5.69 Å². The Kier molecular flexibility index (Phi) is 5.20. The van der Waals surface area contributed by atoms with Crippen molar-refractivity contribution >= 4 is 5.91 Å². The number of amides is 1. The number of aromatic nitrogens is 3. The topological polar surface area (TPSA) is 78.2 Å². The molecule has 0 bridgehead atoms. The summed E-state index contributed by atoms with van der Waals surface area (Å²) in [5.41, 5.74) is 2.50. The highest BCUT2D eigenvalue weighted by molar-refractivity contribution is 5.95. The fourth-order valence-electron chi connectivity index (χ4n) is 3.79. The zero-order chi connectivity index (χ0) is 20.4. The van der Waals surface area contributed by atoms with Crippen molar-refractivity contribution in [3.63, 3.8) is 0 Å². The van der Waals surface area contributed by atoms with Gasteiger partial charge in [-0.25, -0.2) is 9.48 Å². The maximum absolute atomic E-state index is 12.7. The zero-order valence-corrected chi connectivity index (χ0v) is 16.6. The molecule has 150 valence electrons. The summed E-state index contributed by atoms with van der Waals surface area (Å²) < 4.78 is 8.49. The largest absolute Gasteiger partial charge is 0.496 e. The Bertz CT molecular complexity index is 1080. The van der Waals surface area contributed by atoms with Gasteiger partial charge in [0, 0.05) is 37.2 Å². The summed E-state index contributed by atoms with van der Waals surface area (Å²) in [5.74, 6) is 1.48. The lowest BCUT2D eigenvalue weighted by Gasteiger charge is -2.16. The van der Waals surface area contributed by atoms with Gasteiger partial charge in [0.2, 0.25) is 0 Å². The van der Waals surface area contributed by atoms with Gasteiger partial charge < -0.3 is 10.1 Å². The molecule has 1 N–H and O–H groups in total. The van der Waals surface area contributed by atoms with Crippen LogP contribution < -0.4 is 15.7 Å². The number of rotatable bonds is 4. The summed E-state index contributed by atoms with van der Waals surface area (Å²) in [7, 11) is 3.31. The minimum absolute atomic E-state index is 0.0165. The average molecular weight is 392 g/mol. The van der Waals surface area contributed by atoms with Gasteiger partial charge in [0.15, 0.2) is 0 Å². The van der Waals surface area contributed by atoms with E-state index < -0.39 is 0 Å². The summed E-state index contributed by atoms with van der Waals surface area (Å²) in [4.78, 5) is 24.8. The molecular weight excluding hydrogens is 368 g/mol. The third-order valence-corrected chi connectivity index (χ3v) is 5.40. The average Bonchev–Trinajstić information content (AvgIpc) is 2.90. The summed E-state index contributed by atoms with van der Waals surface area (Å²) >= 11 is 0. The molecule has 7 heteroatoms. The lowest BCUT2D eigenvalue weighted by Crippen LogP contribution is -2.35. The van der Waals surface area contributed by atoms with Crippen molar-refractivity contribution in [3.8, 4) is 16.9 Å². The second-order valence-corrected chi connectivity index (χ2v) is 7.25. The number of para-hydroxylation sites is 1. The van der Waals surface area contributed by atoms with E-state index in [1.165, 1.54) is 4.68 Å². The van der Waals surface area contributed by atoms with E-state index in [-0.39, 0.29) is 17.6 Å². The molecule has 1 unspecified atom stereocenters. The van der Waals surface area contributed by atoms with Gasteiger partial charge in [-0.1, -0.05) is 30.3 Å². The number of benzene rings is 2. The van der Waals surface area contributed by atoms with Crippen LogP contribution in [-0.2, 0) is 20.0 Å². The molecule has 29 heavy (non-hydrogen) atoms. The van der Waals surface area contributed by atoms with Crippen molar-refractivity contribution in [1.29, 1.82) is 0 Å². The molecule has 0 radical (unpaired) electrons. The Morgan fingerprint density at radius 1 is 1.14 bits per heavy atom. The maximum atomic E-state index is 12.7. The molecule has 2 aromatic carbocycles. The Morgan fingerprint density at radius 3 is 2.66 bits per heavy atom. The van der Waals surface area contributed by atoms with E-state index in [0.717, 1.165) is 29.1 Å². The second-order valence-electron chi connectivity index (χ2n) is 7.25. The predicted molar refractivity (Wildman–Crippen MR) is 110 cm³/mol. The summed E-state index contributed by atoms with van der Waals surface area (Å²) in [6.07, 6.45) is 2.15. The Hall–Kier alpha value is -3.35. The van der Waals surface area contributed by atoms with E-state index in [1.54, 1.807) is 18.7 Å². The molecule has 0 saturated heterocycles. The molecule has 0 aliphatic carbocycles. The van der Waals surface area contributed by atoms with Gasteiger partial charge in [-0.05, 0) is 36.6 Å². The molecule has 1 aliphatic rings. The number of aryl methyl sites for hydroxylation is 2. The van der Waals surface area contributed by atoms with Crippen LogP contribution >= 0.6 is 0 Å². The van der Waals surface area contributed by atoms with Gasteiger partial charge in [-0.15, -0.1) is 0 Å². The molecule has 1 amide bonds. The Labute approximate surface area is 168 Å². The van der Waals surface area contributed by atoms with E-state index in [2.05, 4.69) is 10.4 Å². The third-order valence-electron chi connectivity index (χ3n) is 5.40. The van der Waals surface area contributed by atoms with Crippen LogP contribution in [-0.4, -0.2) is 33.4 Å². The first-order valence-electron chi connectivity index (χ1n) is 9.74. The monoisotopic (exact) mass is 392 g/mol. The Balaban J connectivity index is 1.43. The van der Waals surface area contributed by atoms with Crippen molar-refractivity contribution in [2.45, 2.75) is 31.8 Å². The fourth-order valence-corrected chi connectivity index (χ4v) is 3.79. The first-order valence-corrected chi connectivity index (χ1v) is 9.74. The Morgan fingerprint density at radius 2 is 1.90 bits per heavy atom. The number of ether oxygens (including phenoxy) is 1. The number of fused-ring (bicyclic) bond motifs is 1. The molecule has 0 spiro atoms. The normalized spacial score (nSPS) is 16.0. The van der Waals surface area contributed by atoms with Gasteiger partial charge in [0.1, 0.15) is 11.6 Å². The molecule has 1 aromatic heterocycles. The predicted octanol–water partition coefficient (Wildman–Crippen LogP) is 2.39. The number of carbonyl (C=O) groups excluding carboxylic acids is 1. The van der Waals surface area contributed by atoms with Crippen LogP contribution in [0.3, 0.4) is 0 Å². The highest BCUT2D eigenvalue weighted by atomic mass is 16.5. The minimum atomic E-state index is -0.103. The number of hydrogen-bond donors (Lipinski definition) is 1. The van der Waals surface area contributed by atoms with Crippen molar-refractivity contribution in [1.82, 2.24) is 19.7 Å². The first-order chi connectivity index (χ1) is 14.1. The maximum Gasteiger partial charge on any atom is 0.345 e. The van der Waals surface area contributed by atoms with E-state index >= 15 is 0 Å². The highest BCUT2D eigenvalue weighted by Gasteiger charge is 2.21. The molecule has 0 fully saturated rings. The zero-order valence-electron chi connectivity index (χ0n) is 16.6. The lowest BCUT2D eigenvalue weighted by atomic mass is 10.0. The van der Waals surface area contributed by atoms with Gasteiger partial charge in [0.25, 0.3) is 5.91 Å². The molecule has 0 saturated carbocycles. The van der Waals surface area contributed by atoms with Gasteiger partial charge in [0.05, 0.1) is 7.11 Å². The molecule has 7 nitrogen and oxygen atoms in total. The van der Waals surface area contributed by atoms with Gasteiger partial charge in [-0.3, -0.25) is 9.36 Å². The molecule has 1 atom stereocenters. The third kappa shape index (κ3) is 3.81.